The van der Waals surface area contributed by atoms with Crippen molar-refractivity contribution in [3.05, 3.63) is 18.3 Å². The molecule has 1 unspecified atom stereocenters. The predicted octanol–water partition coefficient (Wildman–Crippen LogP) is -0.194. The predicted molar refractivity (Wildman–Crippen MR) is 79.7 cm³/mol. The number of carbonyl (C=O) groups excluding carboxylic acids is 1. The zero-order valence-electron chi connectivity index (χ0n) is 12.3. The number of rotatable bonds is 7. The molecule has 1 aromatic rings. The Kier molecular flexibility index (Phi) is 6.06. The summed E-state index contributed by atoms with van der Waals surface area (Å²) in [4.78, 5) is 15.6. The van der Waals surface area contributed by atoms with E-state index in [2.05, 4.69) is 20.4 Å². The maximum absolute atomic E-state index is 12.1. The average molecular weight is 315 g/mol. The molecular weight excluding hydrogens is 294 g/mol. The van der Waals surface area contributed by atoms with Gasteiger partial charge in [0.1, 0.15) is 10.7 Å². The van der Waals surface area contributed by atoms with Crippen molar-refractivity contribution >= 4 is 21.7 Å². The maximum Gasteiger partial charge on any atom is 0.242 e. The molecule has 1 rings (SSSR count). The number of amides is 1. The SMILES string of the molecule is CC(C)CNC(=O)C(C)NS(=O)(=O)c1ccc(NN)nc1. The van der Waals surface area contributed by atoms with Crippen LogP contribution in [0, 0.1) is 5.92 Å². The highest BCUT2D eigenvalue weighted by Crippen LogP contribution is 2.10. The maximum atomic E-state index is 12.1. The van der Waals surface area contributed by atoms with Crippen LogP contribution in [0.15, 0.2) is 23.2 Å². The third-order valence-corrected chi connectivity index (χ3v) is 4.13. The van der Waals surface area contributed by atoms with Crippen LogP contribution in [-0.4, -0.2) is 31.9 Å². The summed E-state index contributed by atoms with van der Waals surface area (Å²) in [6, 6.07) is 1.91. The van der Waals surface area contributed by atoms with Crippen molar-refractivity contribution in [1.82, 2.24) is 15.0 Å². The van der Waals surface area contributed by atoms with E-state index >= 15 is 0 Å². The van der Waals surface area contributed by atoms with Crippen LogP contribution in [-0.2, 0) is 14.8 Å². The molecular formula is C12H21N5O3S. The summed E-state index contributed by atoms with van der Waals surface area (Å²) in [5.74, 6) is 5.42. The number of nitrogens with one attached hydrogen (secondary N) is 3. The van der Waals surface area contributed by atoms with Crippen molar-refractivity contribution in [3.8, 4) is 0 Å². The third-order valence-electron chi connectivity index (χ3n) is 2.60. The summed E-state index contributed by atoms with van der Waals surface area (Å²) in [6.45, 7) is 5.88. The molecule has 1 heterocycles. The highest BCUT2D eigenvalue weighted by Gasteiger charge is 2.22. The summed E-state index contributed by atoms with van der Waals surface area (Å²) < 4.78 is 26.5. The van der Waals surface area contributed by atoms with Gasteiger partial charge in [0.05, 0.1) is 6.04 Å². The zero-order valence-corrected chi connectivity index (χ0v) is 13.1. The molecule has 0 spiro atoms. The summed E-state index contributed by atoms with van der Waals surface area (Å²) in [5.41, 5.74) is 2.30. The lowest BCUT2D eigenvalue weighted by atomic mass is 10.2. The second-order valence-electron chi connectivity index (χ2n) is 5.01. The van der Waals surface area contributed by atoms with E-state index in [9.17, 15) is 13.2 Å². The smallest absolute Gasteiger partial charge is 0.242 e. The van der Waals surface area contributed by atoms with E-state index in [1.807, 2.05) is 13.8 Å². The molecule has 0 aliphatic carbocycles. The van der Waals surface area contributed by atoms with E-state index in [-0.39, 0.29) is 10.8 Å². The fourth-order valence-corrected chi connectivity index (χ4v) is 2.58. The van der Waals surface area contributed by atoms with Gasteiger partial charge in [-0.3, -0.25) is 4.79 Å². The van der Waals surface area contributed by atoms with E-state index in [4.69, 9.17) is 5.84 Å². The molecule has 0 bridgehead atoms. The fraction of sp³-hybridized carbons (Fsp3) is 0.500. The standard InChI is InChI=1S/C12H21N5O3S/c1-8(2)6-15-12(18)9(3)17-21(19,20)10-4-5-11(16-13)14-7-10/h4-5,7-9,17H,6,13H2,1-3H3,(H,14,16)(H,15,18). The number of hydrogen-bond donors (Lipinski definition) is 4. The molecule has 0 aliphatic heterocycles. The van der Waals surface area contributed by atoms with Gasteiger partial charge >= 0.3 is 0 Å². The quantitative estimate of drug-likeness (QED) is 0.408. The fourth-order valence-electron chi connectivity index (χ4n) is 1.44. The molecule has 0 radical (unpaired) electrons. The summed E-state index contributed by atoms with van der Waals surface area (Å²) in [7, 11) is -3.81. The number of nitrogen functional groups attached to an aromatic ring is 1. The van der Waals surface area contributed by atoms with Crippen LogP contribution in [0.2, 0.25) is 0 Å². The number of hydrogen-bond acceptors (Lipinski definition) is 6. The molecule has 1 aromatic heterocycles. The molecule has 1 atom stereocenters. The average Bonchev–Trinajstić information content (AvgIpc) is 2.44. The molecule has 9 heteroatoms. The van der Waals surface area contributed by atoms with Crippen LogP contribution in [0.4, 0.5) is 5.82 Å². The molecule has 0 saturated carbocycles. The second-order valence-corrected chi connectivity index (χ2v) is 6.72. The molecule has 118 valence electrons. The van der Waals surface area contributed by atoms with Gasteiger partial charge in [0.15, 0.2) is 0 Å². The zero-order chi connectivity index (χ0) is 16.0. The van der Waals surface area contributed by atoms with Crippen molar-refractivity contribution < 1.29 is 13.2 Å². The van der Waals surface area contributed by atoms with Crippen molar-refractivity contribution in [3.63, 3.8) is 0 Å². The lowest BCUT2D eigenvalue weighted by Gasteiger charge is -2.15. The summed E-state index contributed by atoms with van der Waals surface area (Å²) in [5, 5.41) is 2.67. The number of carbonyl (C=O) groups is 1. The van der Waals surface area contributed by atoms with Crippen LogP contribution in [0.25, 0.3) is 0 Å². The van der Waals surface area contributed by atoms with E-state index in [1.54, 1.807) is 0 Å². The Balaban J connectivity index is 2.72. The number of pyridine rings is 1. The van der Waals surface area contributed by atoms with Gasteiger partial charge in [0, 0.05) is 12.7 Å². The van der Waals surface area contributed by atoms with Crippen LogP contribution < -0.4 is 21.3 Å². The van der Waals surface area contributed by atoms with Gasteiger partial charge in [-0.15, -0.1) is 0 Å². The minimum atomic E-state index is -3.81. The minimum absolute atomic E-state index is 0.0370. The first-order chi connectivity index (χ1) is 9.76. The Morgan fingerprint density at radius 2 is 2.00 bits per heavy atom. The minimum Gasteiger partial charge on any atom is -0.354 e. The van der Waals surface area contributed by atoms with Crippen molar-refractivity contribution in [2.45, 2.75) is 31.7 Å². The van der Waals surface area contributed by atoms with E-state index in [0.717, 1.165) is 6.20 Å². The van der Waals surface area contributed by atoms with Crippen LogP contribution in [0.3, 0.4) is 0 Å². The monoisotopic (exact) mass is 315 g/mol. The Morgan fingerprint density at radius 1 is 1.33 bits per heavy atom. The Hall–Kier alpha value is -1.71. The molecule has 8 nitrogen and oxygen atoms in total. The van der Waals surface area contributed by atoms with Crippen molar-refractivity contribution in [2.24, 2.45) is 11.8 Å². The summed E-state index contributed by atoms with van der Waals surface area (Å²) in [6.07, 6.45) is 1.16. The number of nitrogens with zero attached hydrogens (tertiary/aromatic N) is 1. The van der Waals surface area contributed by atoms with Gasteiger partial charge in [-0.25, -0.2) is 19.2 Å². The van der Waals surface area contributed by atoms with Crippen molar-refractivity contribution in [2.75, 3.05) is 12.0 Å². The topological polar surface area (TPSA) is 126 Å². The number of sulfonamides is 1. The molecule has 0 fully saturated rings. The van der Waals surface area contributed by atoms with Gasteiger partial charge in [-0.05, 0) is 25.0 Å². The van der Waals surface area contributed by atoms with Gasteiger partial charge in [-0.1, -0.05) is 13.8 Å². The Bertz CT molecular complexity index is 571. The Morgan fingerprint density at radius 3 is 2.48 bits per heavy atom. The second kappa shape index (κ2) is 7.34. The molecule has 21 heavy (non-hydrogen) atoms. The molecule has 5 N–H and O–H groups in total. The number of hydrazine groups is 1. The third kappa shape index (κ3) is 5.29. The van der Waals surface area contributed by atoms with Gasteiger partial charge in [0.25, 0.3) is 0 Å². The normalized spacial score (nSPS) is 13.0. The molecule has 0 aliphatic rings. The highest BCUT2D eigenvalue weighted by atomic mass is 32.2. The first kappa shape index (κ1) is 17.3. The van der Waals surface area contributed by atoms with Crippen LogP contribution >= 0.6 is 0 Å². The largest absolute Gasteiger partial charge is 0.354 e. The van der Waals surface area contributed by atoms with Crippen LogP contribution in [0.1, 0.15) is 20.8 Å². The number of anilines is 1. The van der Waals surface area contributed by atoms with Gasteiger partial charge < -0.3 is 10.7 Å². The van der Waals surface area contributed by atoms with E-state index in [0.29, 0.717) is 18.3 Å². The number of aromatic nitrogens is 1. The summed E-state index contributed by atoms with van der Waals surface area (Å²) >= 11 is 0. The molecule has 0 saturated heterocycles. The van der Waals surface area contributed by atoms with Crippen LogP contribution in [0.5, 0.6) is 0 Å². The molecule has 0 aromatic carbocycles. The first-order valence-corrected chi connectivity index (χ1v) is 7.97. The van der Waals surface area contributed by atoms with Gasteiger partial charge in [0.2, 0.25) is 15.9 Å². The highest BCUT2D eigenvalue weighted by molar-refractivity contribution is 7.89. The van der Waals surface area contributed by atoms with E-state index < -0.39 is 16.1 Å². The lowest BCUT2D eigenvalue weighted by molar-refractivity contribution is -0.122. The molecule has 1 amide bonds. The van der Waals surface area contributed by atoms with Crippen molar-refractivity contribution in [1.29, 1.82) is 0 Å². The first-order valence-electron chi connectivity index (χ1n) is 6.49. The van der Waals surface area contributed by atoms with E-state index in [1.165, 1.54) is 19.1 Å². The van der Waals surface area contributed by atoms with Gasteiger partial charge in [-0.2, -0.15) is 4.72 Å². The lowest BCUT2D eigenvalue weighted by Crippen LogP contribution is -2.45. The Labute approximate surface area is 124 Å². The number of nitrogens with two attached hydrogens (primary N) is 1.